The first-order chi connectivity index (χ1) is 9.35. The summed E-state index contributed by atoms with van der Waals surface area (Å²) in [5.41, 5.74) is -0.525. The van der Waals surface area contributed by atoms with Crippen molar-refractivity contribution in [3.05, 3.63) is 22.4 Å². The number of nitrogens with zero attached hydrogens (tertiary/aromatic N) is 1. The van der Waals surface area contributed by atoms with Gasteiger partial charge in [0.1, 0.15) is 5.60 Å². The van der Waals surface area contributed by atoms with Crippen molar-refractivity contribution in [2.24, 2.45) is 5.92 Å². The van der Waals surface area contributed by atoms with Gasteiger partial charge in [-0.15, -0.1) is 11.3 Å². The van der Waals surface area contributed by atoms with Gasteiger partial charge in [0, 0.05) is 6.54 Å². The van der Waals surface area contributed by atoms with Crippen LogP contribution >= 0.6 is 11.3 Å². The number of rotatable bonds is 0. The Morgan fingerprint density at radius 2 is 2.25 bits per heavy atom. The number of aliphatic hydroxyl groups excluding tert-OH is 1. The first-order valence-corrected chi connectivity index (χ1v) is 7.44. The smallest absolute Gasteiger partial charge is 0.410 e. The molecule has 1 amide bonds. The van der Waals surface area contributed by atoms with Gasteiger partial charge in [-0.2, -0.15) is 0 Å². The zero-order chi connectivity index (χ0) is 14.8. The molecule has 0 aromatic carbocycles. The van der Waals surface area contributed by atoms with E-state index in [2.05, 4.69) is 11.8 Å². The Kier molecular flexibility index (Phi) is 4.36. The second-order valence-electron chi connectivity index (χ2n) is 5.81. The molecule has 0 bridgehead atoms. The van der Waals surface area contributed by atoms with Crippen LogP contribution in [0.25, 0.3) is 0 Å². The Labute approximate surface area is 123 Å². The van der Waals surface area contributed by atoms with Gasteiger partial charge in [0.05, 0.1) is 23.4 Å². The summed E-state index contributed by atoms with van der Waals surface area (Å²) in [5.74, 6) is 5.86. The molecule has 0 aliphatic carbocycles. The average Bonchev–Trinajstić information content (AvgIpc) is 2.93. The zero-order valence-corrected chi connectivity index (χ0v) is 12.7. The second kappa shape index (κ2) is 5.86. The summed E-state index contributed by atoms with van der Waals surface area (Å²) < 4.78 is 5.30. The summed E-state index contributed by atoms with van der Waals surface area (Å²) in [6.07, 6.45) is -1.01. The molecule has 1 aromatic heterocycles. The first kappa shape index (κ1) is 14.9. The molecule has 1 aliphatic heterocycles. The molecular formula is C15H19NO3S. The maximum absolute atomic E-state index is 11.9. The standard InChI is InChI=1S/C15H19NO3S/c1-15(2,3)19-14(18)16-9-11(13(17)10-16)6-7-12-5-4-8-20-12/h4-5,8,11,13,17H,9-10H2,1-3H3/t11-,13-/m1/s1. The van der Waals surface area contributed by atoms with Crippen molar-refractivity contribution in [2.45, 2.75) is 32.5 Å². The van der Waals surface area contributed by atoms with Crippen molar-refractivity contribution >= 4 is 17.4 Å². The number of carbonyl (C=O) groups is 1. The van der Waals surface area contributed by atoms with Crippen LogP contribution in [0.4, 0.5) is 4.79 Å². The van der Waals surface area contributed by atoms with Gasteiger partial charge in [-0.05, 0) is 32.2 Å². The van der Waals surface area contributed by atoms with Gasteiger partial charge in [0.25, 0.3) is 0 Å². The first-order valence-electron chi connectivity index (χ1n) is 6.56. The molecule has 0 spiro atoms. The molecule has 108 valence electrons. The minimum absolute atomic E-state index is 0.218. The molecular weight excluding hydrogens is 274 g/mol. The van der Waals surface area contributed by atoms with E-state index in [0.717, 1.165) is 4.88 Å². The number of amides is 1. The highest BCUT2D eigenvalue weighted by Crippen LogP contribution is 2.20. The fraction of sp³-hybridized carbons (Fsp3) is 0.533. The van der Waals surface area contributed by atoms with Crippen LogP contribution in [-0.2, 0) is 4.74 Å². The van der Waals surface area contributed by atoms with Crippen molar-refractivity contribution in [3.63, 3.8) is 0 Å². The Bertz CT molecular complexity index is 522. The van der Waals surface area contributed by atoms with Crippen molar-refractivity contribution in [1.29, 1.82) is 0 Å². The number of β-amino-alcohol motifs (C(OH)–C–C–N with tert-alkyl or cyclic N) is 1. The number of hydrogen-bond donors (Lipinski definition) is 1. The van der Waals surface area contributed by atoms with Crippen molar-refractivity contribution in [2.75, 3.05) is 13.1 Å². The van der Waals surface area contributed by atoms with E-state index >= 15 is 0 Å². The molecule has 1 saturated heterocycles. The second-order valence-corrected chi connectivity index (χ2v) is 6.75. The number of hydrogen-bond acceptors (Lipinski definition) is 4. The quantitative estimate of drug-likeness (QED) is 0.747. The number of aliphatic hydroxyl groups is 1. The molecule has 1 N–H and O–H groups in total. The predicted molar refractivity (Wildman–Crippen MR) is 78.5 cm³/mol. The summed E-state index contributed by atoms with van der Waals surface area (Å²) >= 11 is 1.56. The maximum atomic E-state index is 11.9. The van der Waals surface area contributed by atoms with E-state index in [-0.39, 0.29) is 12.5 Å². The average molecular weight is 293 g/mol. The predicted octanol–water partition coefficient (Wildman–Crippen LogP) is 2.33. The molecule has 1 aliphatic rings. The van der Waals surface area contributed by atoms with E-state index in [1.54, 1.807) is 11.3 Å². The molecule has 20 heavy (non-hydrogen) atoms. The van der Waals surface area contributed by atoms with Gasteiger partial charge in [0.15, 0.2) is 0 Å². The minimum atomic E-state index is -0.616. The van der Waals surface area contributed by atoms with Gasteiger partial charge in [0.2, 0.25) is 0 Å². The fourth-order valence-corrected chi connectivity index (χ4v) is 2.50. The summed E-state index contributed by atoms with van der Waals surface area (Å²) in [7, 11) is 0. The van der Waals surface area contributed by atoms with Crippen LogP contribution < -0.4 is 0 Å². The van der Waals surface area contributed by atoms with Crippen molar-refractivity contribution < 1.29 is 14.6 Å². The lowest BCUT2D eigenvalue weighted by Crippen LogP contribution is -2.35. The molecule has 1 fully saturated rings. The lowest BCUT2D eigenvalue weighted by Gasteiger charge is -2.24. The van der Waals surface area contributed by atoms with Gasteiger partial charge >= 0.3 is 6.09 Å². The van der Waals surface area contributed by atoms with Crippen LogP contribution in [0.5, 0.6) is 0 Å². The van der Waals surface area contributed by atoms with Gasteiger partial charge in [-0.1, -0.05) is 17.9 Å². The lowest BCUT2D eigenvalue weighted by molar-refractivity contribution is 0.0270. The summed E-state index contributed by atoms with van der Waals surface area (Å²) in [6, 6.07) is 3.87. The highest BCUT2D eigenvalue weighted by atomic mass is 32.1. The number of carbonyl (C=O) groups excluding carboxylic acids is 1. The van der Waals surface area contributed by atoms with E-state index in [1.807, 2.05) is 38.3 Å². The highest BCUT2D eigenvalue weighted by molar-refractivity contribution is 7.10. The van der Waals surface area contributed by atoms with Gasteiger partial charge < -0.3 is 14.7 Å². The van der Waals surface area contributed by atoms with E-state index in [4.69, 9.17) is 4.74 Å². The maximum Gasteiger partial charge on any atom is 0.410 e. The lowest BCUT2D eigenvalue weighted by atomic mass is 10.1. The monoisotopic (exact) mass is 293 g/mol. The van der Waals surface area contributed by atoms with Crippen molar-refractivity contribution in [3.8, 4) is 11.8 Å². The normalized spacial score (nSPS) is 22.3. The number of thiophene rings is 1. The molecule has 2 rings (SSSR count). The highest BCUT2D eigenvalue weighted by Gasteiger charge is 2.35. The summed E-state index contributed by atoms with van der Waals surface area (Å²) in [4.78, 5) is 14.4. The van der Waals surface area contributed by atoms with Crippen LogP contribution in [0, 0.1) is 17.8 Å². The van der Waals surface area contributed by atoms with Crippen molar-refractivity contribution in [1.82, 2.24) is 4.90 Å². The van der Waals surface area contributed by atoms with Crippen LogP contribution in [0.15, 0.2) is 17.5 Å². The van der Waals surface area contributed by atoms with Crippen LogP contribution in [0.2, 0.25) is 0 Å². The third-order valence-electron chi connectivity index (χ3n) is 2.84. The topological polar surface area (TPSA) is 49.8 Å². The van der Waals surface area contributed by atoms with E-state index in [9.17, 15) is 9.90 Å². The Hall–Kier alpha value is -1.51. The Balaban J connectivity index is 1.97. The fourth-order valence-electron chi connectivity index (χ4n) is 1.92. The van der Waals surface area contributed by atoms with Crippen LogP contribution in [0.3, 0.4) is 0 Å². The SMILES string of the molecule is CC(C)(C)OC(=O)N1C[C@@H](O)[C@H](C#Cc2cccs2)C1. The number of likely N-dealkylation sites (tertiary alicyclic amines) is 1. The van der Waals surface area contributed by atoms with E-state index < -0.39 is 17.8 Å². The number of ether oxygens (including phenoxy) is 1. The van der Waals surface area contributed by atoms with Crippen LogP contribution in [-0.4, -0.2) is 40.9 Å². The largest absolute Gasteiger partial charge is 0.444 e. The van der Waals surface area contributed by atoms with E-state index in [0.29, 0.717) is 6.54 Å². The molecule has 0 saturated carbocycles. The molecule has 4 nitrogen and oxygen atoms in total. The molecule has 2 atom stereocenters. The third kappa shape index (κ3) is 3.99. The van der Waals surface area contributed by atoms with Gasteiger partial charge in [-0.3, -0.25) is 0 Å². The molecule has 2 heterocycles. The molecule has 5 heteroatoms. The molecule has 1 aromatic rings. The van der Waals surface area contributed by atoms with E-state index in [1.165, 1.54) is 4.90 Å². The molecule has 0 unspecified atom stereocenters. The van der Waals surface area contributed by atoms with Gasteiger partial charge in [-0.25, -0.2) is 4.79 Å². The summed E-state index contributed by atoms with van der Waals surface area (Å²) in [5, 5.41) is 11.9. The zero-order valence-electron chi connectivity index (χ0n) is 11.9. The summed E-state index contributed by atoms with van der Waals surface area (Å²) in [6.45, 7) is 6.16. The molecule has 0 radical (unpaired) electrons. The Morgan fingerprint density at radius 3 is 2.85 bits per heavy atom. The van der Waals surface area contributed by atoms with Crippen LogP contribution in [0.1, 0.15) is 25.6 Å². The third-order valence-corrected chi connectivity index (χ3v) is 3.63. The minimum Gasteiger partial charge on any atom is -0.444 e. The Morgan fingerprint density at radius 1 is 1.50 bits per heavy atom.